The molecule has 0 aromatic carbocycles. The first kappa shape index (κ1) is 13.1. The SMILES string of the molecule is CCCNC(Cc1ncnn1CC)C1C2CCCC21. The van der Waals surface area contributed by atoms with Crippen LogP contribution in [0.2, 0.25) is 0 Å². The van der Waals surface area contributed by atoms with Crippen molar-refractivity contribution in [3.05, 3.63) is 12.2 Å². The zero-order chi connectivity index (χ0) is 13.2. The summed E-state index contributed by atoms with van der Waals surface area (Å²) in [6.07, 6.45) is 8.33. The van der Waals surface area contributed by atoms with Crippen LogP contribution in [0.5, 0.6) is 0 Å². The van der Waals surface area contributed by atoms with Crippen LogP contribution in [0.25, 0.3) is 0 Å². The van der Waals surface area contributed by atoms with Crippen molar-refractivity contribution < 1.29 is 0 Å². The van der Waals surface area contributed by atoms with E-state index in [0.717, 1.165) is 43.1 Å². The van der Waals surface area contributed by atoms with Gasteiger partial charge in [0.05, 0.1) is 0 Å². The standard InChI is InChI=1S/C15H26N4/c1-3-8-16-13(15-11-6-5-7-12(11)15)9-14-17-10-18-19(14)4-2/h10-13,15-16H,3-9H2,1-2H3. The van der Waals surface area contributed by atoms with Crippen molar-refractivity contribution in [1.29, 1.82) is 0 Å². The Morgan fingerprint density at radius 2 is 2.16 bits per heavy atom. The third-order valence-electron chi connectivity index (χ3n) is 4.99. The van der Waals surface area contributed by atoms with Gasteiger partial charge in [-0.3, -0.25) is 4.68 Å². The van der Waals surface area contributed by atoms with Gasteiger partial charge in [-0.05, 0) is 50.5 Å². The molecule has 1 aromatic rings. The smallest absolute Gasteiger partial charge is 0.138 e. The average molecular weight is 262 g/mol. The van der Waals surface area contributed by atoms with E-state index < -0.39 is 0 Å². The van der Waals surface area contributed by atoms with E-state index in [2.05, 4.69) is 29.2 Å². The lowest BCUT2D eigenvalue weighted by Gasteiger charge is -2.20. The Balaban J connectivity index is 1.66. The fourth-order valence-corrected chi connectivity index (χ4v) is 4.05. The van der Waals surface area contributed by atoms with Gasteiger partial charge in [-0.2, -0.15) is 5.10 Å². The minimum Gasteiger partial charge on any atom is -0.313 e. The Morgan fingerprint density at radius 3 is 2.84 bits per heavy atom. The van der Waals surface area contributed by atoms with Crippen molar-refractivity contribution in [1.82, 2.24) is 20.1 Å². The lowest BCUT2D eigenvalue weighted by atomic mass is 10.0. The third-order valence-corrected chi connectivity index (χ3v) is 4.99. The second-order valence-corrected chi connectivity index (χ2v) is 6.09. The van der Waals surface area contributed by atoms with Gasteiger partial charge in [0.2, 0.25) is 0 Å². The van der Waals surface area contributed by atoms with Gasteiger partial charge in [0.25, 0.3) is 0 Å². The van der Waals surface area contributed by atoms with Crippen LogP contribution in [0, 0.1) is 17.8 Å². The fourth-order valence-electron chi connectivity index (χ4n) is 4.05. The maximum Gasteiger partial charge on any atom is 0.138 e. The average Bonchev–Trinajstić information content (AvgIpc) is 2.85. The number of aromatic nitrogens is 3. The van der Waals surface area contributed by atoms with Crippen LogP contribution in [0.15, 0.2) is 6.33 Å². The van der Waals surface area contributed by atoms with Crippen molar-refractivity contribution in [3.63, 3.8) is 0 Å². The first-order valence-corrected chi connectivity index (χ1v) is 7.95. The highest BCUT2D eigenvalue weighted by Gasteiger charge is 2.55. The predicted molar refractivity (Wildman–Crippen MR) is 75.8 cm³/mol. The zero-order valence-electron chi connectivity index (χ0n) is 12.2. The highest BCUT2D eigenvalue weighted by atomic mass is 15.3. The van der Waals surface area contributed by atoms with E-state index in [1.807, 2.05) is 4.68 Å². The van der Waals surface area contributed by atoms with Gasteiger partial charge in [0.1, 0.15) is 12.2 Å². The van der Waals surface area contributed by atoms with Gasteiger partial charge < -0.3 is 5.32 Å². The zero-order valence-corrected chi connectivity index (χ0v) is 12.2. The Hall–Kier alpha value is -0.900. The van der Waals surface area contributed by atoms with E-state index in [0.29, 0.717) is 6.04 Å². The van der Waals surface area contributed by atoms with Gasteiger partial charge in [-0.15, -0.1) is 0 Å². The summed E-state index contributed by atoms with van der Waals surface area (Å²) >= 11 is 0. The first-order valence-electron chi connectivity index (χ1n) is 7.95. The van der Waals surface area contributed by atoms with Crippen LogP contribution >= 0.6 is 0 Å². The predicted octanol–water partition coefficient (Wildman–Crippen LogP) is 2.25. The van der Waals surface area contributed by atoms with E-state index in [4.69, 9.17) is 0 Å². The molecular weight excluding hydrogens is 236 g/mol. The van der Waals surface area contributed by atoms with Crippen LogP contribution in [0.1, 0.15) is 45.4 Å². The number of nitrogens with zero attached hydrogens (tertiary/aromatic N) is 3. The monoisotopic (exact) mass is 262 g/mol. The van der Waals surface area contributed by atoms with Crippen LogP contribution in [-0.4, -0.2) is 27.4 Å². The molecule has 4 nitrogen and oxygen atoms in total. The van der Waals surface area contributed by atoms with Crippen molar-refractivity contribution >= 4 is 0 Å². The number of aryl methyl sites for hydroxylation is 1. The molecule has 0 radical (unpaired) electrons. The van der Waals surface area contributed by atoms with Crippen LogP contribution in [0.4, 0.5) is 0 Å². The number of fused-ring (bicyclic) bond motifs is 1. The van der Waals surface area contributed by atoms with Gasteiger partial charge in [0.15, 0.2) is 0 Å². The van der Waals surface area contributed by atoms with Crippen molar-refractivity contribution in [3.8, 4) is 0 Å². The highest BCUT2D eigenvalue weighted by Crippen LogP contribution is 2.59. The molecule has 4 heteroatoms. The molecule has 3 atom stereocenters. The molecule has 2 aliphatic carbocycles. The molecular formula is C15H26N4. The Kier molecular flexibility index (Phi) is 3.87. The number of nitrogens with one attached hydrogen (secondary N) is 1. The third kappa shape index (κ3) is 2.55. The molecule has 1 N–H and O–H groups in total. The second kappa shape index (κ2) is 5.61. The molecule has 1 aromatic heterocycles. The largest absolute Gasteiger partial charge is 0.313 e. The molecule has 106 valence electrons. The summed E-state index contributed by atoms with van der Waals surface area (Å²) in [5.74, 6) is 4.07. The van der Waals surface area contributed by atoms with Crippen molar-refractivity contribution in [2.75, 3.05) is 6.54 Å². The molecule has 2 saturated carbocycles. The van der Waals surface area contributed by atoms with Crippen LogP contribution < -0.4 is 5.32 Å². The van der Waals surface area contributed by atoms with E-state index in [-0.39, 0.29) is 0 Å². The number of hydrogen-bond donors (Lipinski definition) is 1. The molecule has 0 aliphatic heterocycles. The van der Waals surface area contributed by atoms with Gasteiger partial charge in [-0.1, -0.05) is 13.3 Å². The summed E-state index contributed by atoms with van der Waals surface area (Å²) in [7, 11) is 0. The Bertz CT molecular complexity index is 404. The fraction of sp³-hybridized carbons (Fsp3) is 0.867. The highest BCUT2D eigenvalue weighted by molar-refractivity contribution is 5.08. The van der Waals surface area contributed by atoms with E-state index >= 15 is 0 Å². The minimum absolute atomic E-state index is 0.616. The molecule has 0 amide bonds. The molecule has 0 spiro atoms. The normalized spacial score (nSPS) is 30.3. The Morgan fingerprint density at radius 1 is 1.37 bits per heavy atom. The quantitative estimate of drug-likeness (QED) is 0.819. The topological polar surface area (TPSA) is 42.7 Å². The van der Waals surface area contributed by atoms with Crippen molar-refractivity contribution in [2.24, 2.45) is 17.8 Å². The maximum atomic E-state index is 4.45. The molecule has 2 fully saturated rings. The van der Waals surface area contributed by atoms with Crippen LogP contribution in [-0.2, 0) is 13.0 Å². The van der Waals surface area contributed by atoms with E-state index in [1.54, 1.807) is 6.33 Å². The number of rotatable bonds is 7. The second-order valence-electron chi connectivity index (χ2n) is 6.09. The minimum atomic E-state index is 0.616. The van der Waals surface area contributed by atoms with Crippen molar-refractivity contribution in [2.45, 2.75) is 58.5 Å². The summed E-state index contributed by atoms with van der Waals surface area (Å²) < 4.78 is 2.04. The number of hydrogen-bond acceptors (Lipinski definition) is 3. The van der Waals surface area contributed by atoms with Gasteiger partial charge >= 0.3 is 0 Å². The van der Waals surface area contributed by atoms with Crippen LogP contribution in [0.3, 0.4) is 0 Å². The molecule has 3 rings (SSSR count). The van der Waals surface area contributed by atoms with Gasteiger partial charge in [-0.25, -0.2) is 4.98 Å². The molecule has 0 saturated heterocycles. The van der Waals surface area contributed by atoms with Gasteiger partial charge in [0, 0.05) is 19.0 Å². The maximum absolute atomic E-state index is 4.45. The molecule has 3 unspecified atom stereocenters. The summed E-state index contributed by atoms with van der Waals surface area (Å²) in [6.45, 7) is 6.43. The molecule has 2 aliphatic rings. The molecule has 19 heavy (non-hydrogen) atoms. The lowest BCUT2D eigenvalue weighted by molar-refractivity contribution is 0.391. The van der Waals surface area contributed by atoms with E-state index in [1.165, 1.54) is 25.7 Å². The lowest BCUT2D eigenvalue weighted by Crippen LogP contribution is -2.36. The summed E-state index contributed by atoms with van der Waals surface area (Å²) in [5, 5.41) is 8.07. The first-order chi connectivity index (χ1) is 9.35. The Labute approximate surface area is 116 Å². The summed E-state index contributed by atoms with van der Waals surface area (Å²) in [4.78, 5) is 4.45. The molecule has 1 heterocycles. The summed E-state index contributed by atoms with van der Waals surface area (Å²) in [5.41, 5.74) is 0. The summed E-state index contributed by atoms with van der Waals surface area (Å²) in [6, 6.07) is 0.616. The van der Waals surface area contributed by atoms with E-state index in [9.17, 15) is 0 Å². The molecule has 0 bridgehead atoms.